The van der Waals surface area contributed by atoms with E-state index in [-0.39, 0.29) is 121 Å². The lowest BCUT2D eigenvalue weighted by Gasteiger charge is -2.60. The van der Waals surface area contributed by atoms with Gasteiger partial charge in [0.1, 0.15) is 6.23 Å². The molecule has 31 fully saturated rings. The van der Waals surface area contributed by atoms with Gasteiger partial charge < -0.3 is 81.3 Å². The zero-order valence-electron chi connectivity index (χ0n) is 83.5. The number of carbonyl (C=O) groups excluding carboxylic acids is 2. The minimum absolute atomic E-state index is 0.0379. The highest BCUT2D eigenvalue weighted by molar-refractivity contribution is 7.91. The maximum Gasteiger partial charge on any atom is 0.311 e. The molecular weight excluding hydrogens is 1790 g/mol. The van der Waals surface area contributed by atoms with E-state index in [1.165, 1.54) is 25.7 Å². The van der Waals surface area contributed by atoms with Crippen LogP contribution >= 0.6 is 0 Å². The molecule has 6 spiro atoms. The van der Waals surface area contributed by atoms with Crippen LogP contribution < -0.4 is 0 Å². The fraction of sp³-hybridized carbons (Fsp3) is 0.970. The summed E-state index contributed by atoms with van der Waals surface area (Å²) in [4.78, 5) is 107. The van der Waals surface area contributed by atoms with Gasteiger partial charge in [0.25, 0.3) is 0 Å². The van der Waals surface area contributed by atoms with Gasteiger partial charge in [-0.05, 0) is 222 Å². The van der Waals surface area contributed by atoms with E-state index < -0.39 is 128 Å². The van der Waals surface area contributed by atoms with Crippen LogP contribution in [0.15, 0.2) is 0 Å². The molecule has 35 nitrogen and oxygen atoms in total. The molecule has 0 amide bonds. The van der Waals surface area contributed by atoms with Gasteiger partial charge in [-0.2, -0.15) is 0 Å². The number of esters is 2. The minimum atomic E-state index is -2.91. The van der Waals surface area contributed by atoms with E-state index >= 15 is 0 Å². The highest BCUT2D eigenvalue weighted by Crippen LogP contribution is 2.69. The van der Waals surface area contributed by atoms with Crippen molar-refractivity contribution in [1.82, 2.24) is 4.90 Å². The fourth-order valence-corrected chi connectivity index (χ4v) is 32.8. The molecule has 4 unspecified atom stereocenters. The van der Waals surface area contributed by atoms with Crippen molar-refractivity contribution >= 4 is 27.7 Å². The van der Waals surface area contributed by atoms with E-state index in [2.05, 4.69) is 67.2 Å². The smallest absolute Gasteiger partial charge is 0.311 e. The van der Waals surface area contributed by atoms with Crippen LogP contribution in [0.5, 0.6) is 0 Å². The molecule has 6 aliphatic carbocycles. The zero-order chi connectivity index (χ0) is 96.1. The Morgan fingerprint density at radius 1 is 0.382 bits per heavy atom. The second-order valence-corrected chi connectivity index (χ2v) is 49.5. The van der Waals surface area contributed by atoms with Crippen LogP contribution in [0, 0.1) is 142 Å². The first-order chi connectivity index (χ1) is 64.6. The predicted octanol–water partition coefficient (Wildman–Crippen LogP) is 14.8. The van der Waals surface area contributed by atoms with Crippen molar-refractivity contribution in [2.45, 2.75) is 430 Å². The van der Waals surface area contributed by atoms with E-state index in [0.29, 0.717) is 109 Å². The second kappa shape index (κ2) is 37.3. The third kappa shape index (κ3) is 16.6. The number of aliphatic hydroxyl groups excluding tert-OH is 1. The third-order valence-electron chi connectivity index (χ3n) is 39.3. The molecule has 47 atom stereocenters. The first kappa shape index (κ1) is 101. The molecule has 0 aromatic rings. The van der Waals surface area contributed by atoms with Crippen molar-refractivity contribution in [2.75, 3.05) is 38.3 Å². The number of carboxylic acid groups (broad SMARTS) is 1. The molecule has 772 valence electrons. The van der Waals surface area contributed by atoms with E-state index in [0.717, 1.165) is 122 Å². The average Bonchev–Trinajstić information content (AvgIpc) is 1.57. The average molecular weight is 1950 g/mol. The number of fused-ring (bicyclic) bond motifs is 12. The SMILES string of the molecule is CCOC1O[C@@H]2O[C@@]3(C)CC[C@H]4[C@H](C)CC[C@@H]([C@H]1C)[C@@]24OO3.COC1O[C@@H]2O[C@@]3(C)CC[C@H]4[C@H](C)CC[C@@H]([C@H]1C)[C@@]24OO3.C[C@@H]1CC[C@H]2[C@@H](C)C(=O)O[C@@H]3O[C@@]4(C)CC[C@@H]1[C@]32OO4.C[C@@H]1CC[C@H]2[C@@H](C)C(N3CCS(=O)(=O)CC3)O[C@@H]3O[C@H]4CC[C@@H]1[C@]32OO4.C[C@@H]1CC[C@H]2[C@@H](C)C(O)O[C@@H]3O[C@@]4(C)CC[C@@H]1[C@]32OO4.C[C@H]1[C@H](OC(=O)CCC(=O)O)O[C@@H]2O[C@@]3(C)CC[C@H]4[C@H](C)CC[C@@H]1[C@@]24OO3. The molecule has 25 saturated heterocycles. The summed E-state index contributed by atoms with van der Waals surface area (Å²) in [6.45, 7) is 39.5. The number of ether oxygens (including phenoxy) is 15. The van der Waals surface area contributed by atoms with Crippen molar-refractivity contribution in [2.24, 2.45) is 142 Å². The quantitative estimate of drug-likeness (QED) is 0.168. The summed E-state index contributed by atoms with van der Waals surface area (Å²) in [5, 5.41) is 19.0. The maximum atomic E-state index is 12.1. The Kier molecular flexibility index (Phi) is 27.6. The topological polar surface area (TPSA) is 378 Å². The lowest BCUT2D eigenvalue weighted by Crippen LogP contribution is -2.71. The van der Waals surface area contributed by atoms with Gasteiger partial charge in [-0.1, -0.05) is 83.1 Å². The number of hydrogen-bond acceptors (Lipinski definition) is 34. The summed E-state index contributed by atoms with van der Waals surface area (Å²) in [7, 11) is -1.20. The lowest BCUT2D eigenvalue weighted by molar-refractivity contribution is -0.577. The van der Waals surface area contributed by atoms with Gasteiger partial charge in [-0.25, -0.2) is 67.1 Å². The van der Waals surface area contributed by atoms with Gasteiger partial charge in [0.05, 0.1) is 30.3 Å². The van der Waals surface area contributed by atoms with Crippen molar-refractivity contribution < 1.29 is 163 Å². The normalized spacial score (nSPS) is 55.9. The van der Waals surface area contributed by atoms with Crippen LogP contribution in [0.2, 0.25) is 0 Å². The molecule has 36 heteroatoms. The summed E-state index contributed by atoms with van der Waals surface area (Å²) < 4.78 is 114. The zero-order valence-corrected chi connectivity index (χ0v) is 84.3. The molecule has 25 heterocycles. The predicted molar refractivity (Wildman–Crippen MR) is 472 cm³/mol. The van der Waals surface area contributed by atoms with Gasteiger partial charge in [-0.3, -0.25) is 19.3 Å². The van der Waals surface area contributed by atoms with Gasteiger partial charge >= 0.3 is 17.9 Å². The van der Waals surface area contributed by atoms with Crippen LogP contribution in [-0.4, -0.2) is 218 Å². The molecule has 0 aromatic heterocycles. The van der Waals surface area contributed by atoms with Crippen molar-refractivity contribution in [3.05, 3.63) is 0 Å². The number of nitrogens with zero attached hydrogens (tertiary/aromatic N) is 1. The number of aliphatic hydroxyl groups is 1. The second-order valence-electron chi connectivity index (χ2n) is 47.2. The number of aliphatic carboxylic acids is 1. The van der Waals surface area contributed by atoms with E-state index in [1.807, 2.05) is 62.3 Å². The molecule has 25 aliphatic heterocycles. The Morgan fingerprint density at radius 3 is 1.15 bits per heavy atom. The Labute approximate surface area is 801 Å². The number of carboxylic acids is 1. The standard InChI is InChI=1S/C19H28O8.C18H29NO6S.C17H28O5.C16H26O5.C15H24O5.C15H22O5/c1-10-4-5-13-11(2)16(23-15(22)7-6-14(20)21)24-17-19(13)12(10)8-9-18(3,25-17)26-27-19;1-11-3-4-14-12(2)16(19-7-9-26(20,21)10-8-19)23-17-18(14)13(11)5-6-15(22-17)24-25-18;1-5-18-14-11(3)13-7-6-10(2)12-8-9-16(4)20-15(19-14)17(12,13)22-21-16;1-9-5-6-12-10(2)13(17-4)18-14-16(12)11(9)7-8-15(3,19-14)20-21-16;2*1-8-4-5-11-9(2)12(16)17-13-15(11)10(8)6-7-14(3,18-13)19-20-15/h10-13,16-17H,4-9H2,1-3H3,(H,20,21);11-17H,3-10H2,1-2H3;10-15H,5-9H2,1-4H3;9-14H,5-8H2,1-4H3;8-13,16H,4-7H2,1-3H3;8-11,13H,4-7H2,1-3H3/t10-,11-,12+,13+,16-,17-,18-,19-;11-,12-,13+,14+,15-,16?,17+,18-;10-,11-,12+,13+,14?,15-,16-,17-;9-,10-,11+,12+,13?,14-,15-,16-;8-,9-,10+,11+,12?,13-,14-,15-;8-,9-,10+,11+,13-,14-,15-/m111111/s1. The van der Waals surface area contributed by atoms with Crippen molar-refractivity contribution in [3.8, 4) is 0 Å². The molecule has 31 rings (SSSR count). The molecular formula is C100H157NO34S. The monoisotopic (exact) mass is 1950 g/mol. The number of rotatable bonds is 8. The van der Waals surface area contributed by atoms with Crippen LogP contribution in [0.4, 0.5) is 0 Å². The van der Waals surface area contributed by atoms with Crippen LogP contribution in [0.1, 0.15) is 292 Å². The molecule has 31 aliphatic rings. The van der Waals surface area contributed by atoms with E-state index in [1.54, 1.807) is 7.11 Å². The van der Waals surface area contributed by atoms with Gasteiger partial charge in [-0.15, -0.1) is 0 Å². The number of methoxy groups -OCH3 is 1. The summed E-state index contributed by atoms with van der Waals surface area (Å²) in [6.07, 6.45) is 18.2. The number of carbonyl (C=O) groups is 3. The van der Waals surface area contributed by atoms with Gasteiger partial charge in [0.2, 0.25) is 41.5 Å². The maximum absolute atomic E-state index is 12.1. The largest absolute Gasteiger partial charge is 0.481 e. The highest BCUT2D eigenvalue weighted by atomic mass is 32.2. The Morgan fingerprint density at radius 2 is 0.728 bits per heavy atom. The summed E-state index contributed by atoms with van der Waals surface area (Å²) in [6, 6.07) is 0. The number of hydrogen-bond donors (Lipinski definition) is 2. The Hall–Kier alpha value is -2.72. The van der Waals surface area contributed by atoms with Crippen LogP contribution in [0.25, 0.3) is 0 Å². The van der Waals surface area contributed by atoms with Crippen molar-refractivity contribution in [3.63, 3.8) is 0 Å². The first-order valence-electron chi connectivity index (χ1n) is 52.5. The van der Waals surface area contributed by atoms with Crippen LogP contribution in [0.3, 0.4) is 0 Å². The summed E-state index contributed by atoms with van der Waals surface area (Å²) in [5.74, 6) is 2.28. The molecule has 0 radical (unpaired) electrons. The molecule has 136 heavy (non-hydrogen) atoms. The van der Waals surface area contributed by atoms with Crippen molar-refractivity contribution in [1.29, 1.82) is 0 Å². The minimum Gasteiger partial charge on any atom is -0.481 e. The first-order valence-corrected chi connectivity index (χ1v) is 54.3. The molecule has 12 bridgehead atoms. The van der Waals surface area contributed by atoms with Gasteiger partial charge in [0, 0.05) is 136 Å². The van der Waals surface area contributed by atoms with E-state index in [9.17, 15) is 27.9 Å². The Balaban J connectivity index is 0.000000101. The number of sulfone groups is 1. The van der Waals surface area contributed by atoms with Crippen LogP contribution in [-0.2, 0) is 154 Å². The lowest BCUT2D eigenvalue weighted by atomic mass is 9.58. The van der Waals surface area contributed by atoms with E-state index in [4.69, 9.17) is 135 Å². The Bertz CT molecular complexity index is 4390. The molecule has 6 saturated carbocycles. The summed E-state index contributed by atoms with van der Waals surface area (Å²) in [5.41, 5.74) is -3.32. The van der Waals surface area contributed by atoms with Gasteiger partial charge in [0.15, 0.2) is 100 Å². The molecule has 0 aromatic carbocycles. The fourth-order valence-electron chi connectivity index (χ4n) is 31.5. The molecule has 2 N–H and O–H groups in total. The third-order valence-corrected chi connectivity index (χ3v) is 40.9. The highest BCUT2D eigenvalue weighted by Gasteiger charge is 2.77. The summed E-state index contributed by atoms with van der Waals surface area (Å²) >= 11 is 0.